The predicted molar refractivity (Wildman–Crippen MR) is 131 cm³/mol. The Balaban J connectivity index is 1.80. The summed E-state index contributed by atoms with van der Waals surface area (Å²) in [7, 11) is 0.665. The number of methoxy groups -OCH3 is 3. The molecule has 3 aromatic carbocycles. The number of carbonyl (C=O) groups excluding carboxylic acids is 1. The van der Waals surface area contributed by atoms with Gasteiger partial charge in [0.05, 0.1) is 36.8 Å². The number of sulfonamides is 1. The number of amides is 1. The third-order valence-corrected chi connectivity index (χ3v) is 6.75. The minimum absolute atomic E-state index is 0.109. The molecule has 0 saturated heterocycles. The van der Waals surface area contributed by atoms with Gasteiger partial charge in [0.1, 0.15) is 0 Å². The van der Waals surface area contributed by atoms with Gasteiger partial charge < -0.3 is 19.5 Å². The molecule has 10 heteroatoms. The second-order valence-electron chi connectivity index (χ2n) is 7.29. The lowest BCUT2D eigenvalue weighted by molar-refractivity contribution is 0.0950. The predicted octanol–water partition coefficient (Wildman–Crippen LogP) is 4.41. The number of carbonyl (C=O) groups is 1. The molecule has 0 bridgehead atoms. The molecule has 0 radical (unpaired) electrons. The van der Waals surface area contributed by atoms with E-state index >= 15 is 0 Å². The van der Waals surface area contributed by atoms with E-state index in [0.717, 1.165) is 5.56 Å². The van der Waals surface area contributed by atoms with E-state index in [-0.39, 0.29) is 27.7 Å². The summed E-state index contributed by atoms with van der Waals surface area (Å²) in [5.41, 5.74) is 1.92. The van der Waals surface area contributed by atoms with Crippen molar-refractivity contribution in [1.82, 2.24) is 5.32 Å². The van der Waals surface area contributed by atoms with E-state index < -0.39 is 15.9 Å². The summed E-state index contributed by atoms with van der Waals surface area (Å²) in [6, 6.07) is 14.2. The van der Waals surface area contributed by atoms with Crippen molar-refractivity contribution in [2.75, 3.05) is 26.1 Å². The number of hydrogen-bond acceptors (Lipinski definition) is 6. The molecule has 1 amide bonds. The van der Waals surface area contributed by atoms with E-state index in [9.17, 15) is 13.2 Å². The van der Waals surface area contributed by atoms with E-state index in [0.29, 0.717) is 22.8 Å². The Labute approximate surface area is 203 Å². The Morgan fingerprint density at radius 2 is 1.59 bits per heavy atom. The topological polar surface area (TPSA) is 103 Å². The first-order valence-corrected chi connectivity index (χ1v) is 12.0. The highest BCUT2D eigenvalue weighted by molar-refractivity contribution is 7.92. The molecule has 2 N–H and O–H groups in total. The Morgan fingerprint density at radius 3 is 2.21 bits per heavy atom. The number of ether oxygens (including phenoxy) is 3. The van der Waals surface area contributed by atoms with Crippen LogP contribution in [0, 0.1) is 6.92 Å². The average molecular weight is 505 g/mol. The highest BCUT2D eigenvalue weighted by atomic mass is 35.5. The Morgan fingerprint density at radius 1 is 0.912 bits per heavy atom. The van der Waals surface area contributed by atoms with Crippen LogP contribution < -0.4 is 24.2 Å². The molecule has 0 aliphatic carbocycles. The van der Waals surface area contributed by atoms with Crippen molar-refractivity contribution in [2.45, 2.75) is 18.4 Å². The zero-order valence-electron chi connectivity index (χ0n) is 19.1. The normalized spacial score (nSPS) is 11.0. The lowest BCUT2D eigenvalue weighted by Gasteiger charge is -2.16. The smallest absolute Gasteiger partial charge is 0.261 e. The second kappa shape index (κ2) is 10.7. The van der Waals surface area contributed by atoms with Gasteiger partial charge in [-0.25, -0.2) is 8.42 Å². The Kier molecular flexibility index (Phi) is 7.90. The third kappa shape index (κ3) is 5.55. The third-order valence-electron chi connectivity index (χ3n) is 5.02. The lowest BCUT2D eigenvalue weighted by atomic mass is 10.1. The molecule has 180 valence electrons. The molecular weight excluding hydrogens is 480 g/mol. The van der Waals surface area contributed by atoms with Crippen molar-refractivity contribution in [3.63, 3.8) is 0 Å². The van der Waals surface area contributed by atoms with Gasteiger partial charge in [0.25, 0.3) is 15.9 Å². The summed E-state index contributed by atoms with van der Waals surface area (Å²) < 4.78 is 43.9. The van der Waals surface area contributed by atoms with Gasteiger partial charge in [0, 0.05) is 17.8 Å². The van der Waals surface area contributed by atoms with Crippen LogP contribution in [-0.4, -0.2) is 35.7 Å². The van der Waals surface area contributed by atoms with Crippen molar-refractivity contribution >= 4 is 33.2 Å². The van der Waals surface area contributed by atoms with E-state index in [1.165, 1.54) is 51.7 Å². The number of rotatable bonds is 9. The summed E-state index contributed by atoms with van der Waals surface area (Å²) in [6.45, 7) is 1.98. The average Bonchev–Trinajstić information content (AvgIpc) is 2.83. The van der Waals surface area contributed by atoms with Gasteiger partial charge in [-0.05, 0) is 49.4 Å². The Hall–Kier alpha value is -3.43. The molecule has 0 saturated carbocycles. The maximum Gasteiger partial charge on any atom is 0.261 e. The zero-order chi connectivity index (χ0) is 24.9. The molecule has 34 heavy (non-hydrogen) atoms. The van der Waals surface area contributed by atoms with Crippen molar-refractivity contribution in [3.05, 3.63) is 76.3 Å². The molecule has 0 aliphatic rings. The van der Waals surface area contributed by atoms with Crippen molar-refractivity contribution in [2.24, 2.45) is 0 Å². The van der Waals surface area contributed by atoms with E-state index in [1.807, 2.05) is 6.92 Å². The molecule has 0 aliphatic heterocycles. The van der Waals surface area contributed by atoms with Crippen LogP contribution in [0.1, 0.15) is 21.5 Å². The minimum atomic E-state index is -3.83. The molecule has 0 spiro atoms. The zero-order valence-corrected chi connectivity index (χ0v) is 20.7. The fourth-order valence-corrected chi connectivity index (χ4v) is 4.52. The molecule has 0 atom stereocenters. The molecular formula is C24H25ClN2O6S. The summed E-state index contributed by atoms with van der Waals surface area (Å²) in [4.78, 5) is 13.0. The van der Waals surface area contributed by atoms with Crippen molar-refractivity contribution < 1.29 is 27.4 Å². The molecule has 3 aromatic rings. The number of hydrogen-bond donors (Lipinski definition) is 2. The van der Waals surface area contributed by atoms with Gasteiger partial charge in [0.15, 0.2) is 11.5 Å². The minimum Gasteiger partial charge on any atom is -0.493 e. The molecule has 0 fully saturated rings. The van der Waals surface area contributed by atoms with Crippen LogP contribution in [0.3, 0.4) is 0 Å². The van der Waals surface area contributed by atoms with Gasteiger partial charge in [-0.2, -0.15) is 0 Å². The van der Waals surface area contributed by atoms with Crippen LogP contribution in [0.2, 0.25) is 5.02 Å². The number of halogens is 1. The molecule has 8 nitrogen and oxygen atoms in total. The Bertz CT molecular complexity index is 1290. The van der Waals surface area contributed by atoms with Crippen molar-refractivity contribution in [1.29, 1.82) is 0 Å². The standard InChI is InChI=1S/C24H25ClN2O6S/c1-15-5-9-18(10-6-15)34(29,30)27-17-8-11-20(25)19(13-17)24(28)26-14-16-7-12-21(31-2)23(33-4)22(16)32-3/h5-13,27H,14H2,1-4H3,(H,26,28). The molecule has 0 aromatic heterocycles. The van der Waals surface area contributed by atoms with Gasteiger partial charge >= 0.3 is 0 Å². The number of aryl methyl sites for hydroxylation is 1. The first kappa shape index (κ1) is 25.2. The van der Waals surface area contributed by atoms with Crippen LogP contribution in [0.25, 0.3) is 0 Å². The van der Waals surface area contributed by atoms with Crippen LogP contribution >= 0.6 is 11.6 Å². The summed E-state index contributed by atoms with van der Waals surface area (Å²) in [6.07, 6.45) is 0. The molecule has 3 rings (SSSR count). The monoisotopic (exact) mass is 504 g/mol. The first-order valence-electron chi connectivity index (χ1n) is 10.1. The van der Waals surface area contributed by atoms with E-state index in [2.05, 4.69) is 10.0 Å². The van der Waals surface area contributed by atoms with Crippen molar-refractivity contribution in [3.8, 4) is 17.2 Å². The number of benzene rings is 3. The van der Waals surface area contributed by atoms with Gasteiger partial charge in [-0.1, -0.05) is 29.3 Å². The SMILES string of the molecule is COc1ccc(CNC(=O)c2cc(NS(=O)(=O)c3ccc(C)cc3)ccc2Cl)c(OC)c1OC. The fourth-order valence-electron chi connectivity index (χ4n) is 3.27. The van der Waals surface area contributed by atoms with Gasteiger partial charge in [0.2, 0.25) is 5.75 Å². The van der Waals surface area contributed by atoms with E-state index in [4.69, 9.17) is 25.8 Å². The second-order valence-corrected chi connectivity index (χ2v) is 9.38. The molecule has 0 heterocycles. The maximum atomic E-state index is 12.9. The summed E-state index contributed by atoms with van der Waals surface area (Å²) >= 11 is 6.23. The largest absolute Gasteiger partial charge is 0.493 e. The van der Waals surface area contributed by atoms with Crippen LogP contribution in [0.4, 0.5) is 5.69 Å². The summed E-state index contributed by atoms with van der Waals surface area (Å²) in [5, 5.41) is 2.95. The number of nitrogens with one attached hydrogen (secondary N) is 2. The maximum absolute atomic E-state index is 12.9. The summed E-state index contributed by atoms with van der Waals surface area (Å²) in [5.74, 6) is 0.833. The molecule has 0 unspecified atom stereocenters. The first-order chi connectivity index (χ1) is 16.2. The van der Waals surface area contributed by atoms with Gasteiger partial charge in [-0.3, -0.25) is 9.52 Å². The number of anilines is 1. The van der Waals surface area contributed by atoms with E-state index in [1.54, 1.807) is 24.3 Å². The lowest BCUT2D eigenvalue weighted by Crippen LogP contribution is -2.24. The quantitative estimate of drug-likeness (QED) is 0.447. The fraction of sp³-hybridized carbons (Fsp3) is 0.208. The van der Waals surface area contributed by atoms with Crippen LogP contribution in [-0.2, 0) is 16.6 Å². The van der Waals surface area contributed by atoms with Crippen LogP contribution in [0.5, 0.6) is 17.2 Å². The van der Waals surface area contributed by atoms with Gasteiger partial charge in [-0.15, -0.1) is 0 Å². The highest BCUT2D eigenvalue weighted by Gasteiger charge is 2.19. The van der Waals surface area contributed by atoms with Crippen LogP contribution in [0.15, 0.2) is 59.5 Å². The highest BCUT2D eigenvalue weighted by Crippen LogP contribution is 2.39.